The van der Waals surface area contributed by atoms with Crippen LogP contribution in [0.3, 0.4) is 0 Å². The van der Waals surface area contributed by atoms with Crippen LogP contribution in [-0.2, 0) is 6.61 Å². The van der Waals surface area contributed by atoms with Gasteiger partial charge in [0.15, 0.2) is 11.5 Å². The second kappa shape index (κ2) is 9.50. The molecule has 3 aromatic carbocycles. The molecule has 0 saturated heterocycles. The number of pyridine rings is 2. The number of para-hydroxylation sites is 1. The molecule has 0 fully saturated rings. The van der Waals surface area contributed by atoms with Crippen LogP contribution >= 0.6 is 0 Å². The van der Waals surface area contributed by atoms with Gasteiger partial charge in [0, 0.05) is 22.9 Å². The lowest BCUT2D eigenvalue weighted by Crippen LogP contribution is -1.96. The highest BCUT2D eigenvalue weighted by molar-refractivity contribution is 5.96. The number of hydrogen-bond acceptors (Lipinski definition) is 5. The van der Waals surface area contributed by atoms with Crippen LogP contribution in [0.25, 0.3) is 56.0 Å². The fourth-order valence-electron chi connectivity index (χ4n) is 4.64. The van der Waals surface area contributed by atoms with Crippen LogP contribution < -0.4 is 4.74 Å². The zero-order valence-electron chi connectivity index (χ0n) is 20.6. The Kier molecular flexibility index (Phi) is 5.55. The summed E-state index contributed by atoms with van der Waals surface area (Å²) in [5, 5.41) is 7.54. The maximum Gasteiger partial charge on any atom is 0.161 e. The molecule has 188 valence electrons. The minimum absolute atomic E-state index is 0.297. The van der Waals surface area contributed by atoms with Crippen molar-refractivity contribution in [2.75, 3.05) is 0 Å². The quantitative estimate of drug-likeness (QED) is 0.252. The van der Waals surface area contributed by atoms with E-state index >= 15 is 0 Å². The van der Waals surface area contributed by atoms with Crippen molar-refractivity contribution in [1.29, 1.82) is 0 Å². The molecular formula is C31H21FN6O. The average molecular weight is 513 g/mol. The van der Waals surface area contributed by atoms with Crippen LogP contribution in [0.1, 0.15) is 5.56 Å². The van der Waals surface area contributed by atoms with Gasteiger partial charge < -0.3 is 9.72 Å². The van der Waals surface area contributed by atoms with E-state index in [1.807, 2.05) is 72.8 Å². The Morgan fingerprint density at radius 2 is 1.59 bits per heavy atom. The molecule has 7 aromatic rings. The van der Waals surface area contributed by atoms with E-state index in [1.54, 1.807) is 24.5 Å². The first-order valence-electron chi connectivity index (χ1n) is 12.4. The predicted molar refractivity (Wildman–Crippen MR) is 148 cm³/mol. The van der Waals surface area contributed by atoms with E-state index < -0.39 is 0 Å². The minimum Gasteiger partial charge on any atom is -0.487 e. The number of nitrogens with one attached hydrogen (secondary N) is 2. The fourth-order valence-corrected chi connectivity index (χ4v) is 4.64. The van der Waals surface area contributed by atoms with Crippen LogP contribution in [0.4, 0.5) is 4.39 Å². The van der Waals surface area contributed by atoms with Gasteiger partial charge in [-0.3, -0.25) is 10.1 Å². The molecule has 0 saturated carbocycles. The number of halogens is 1. The van der Waals surface area contributed by atoms with Crippen molar-refractivity contribution in [2.45, 2.75) is 6.61 Å². The zero-order chi connectivity index (χ0) is 26.2. The zero-order valence-corrected chi connectivity index (χ0v) is 20.6. The molecule has 4 aromatic heterocycles. The number of benzene rings is 3. The molecule has 0 aliphatic carbocycles. The van der Waals surface area contributed by atoms with Gasteiger partial charge in [0.1, 0.15) is 23.7 Å². The first-order chi connectivity index (χ1) is 19.2. The highest BCUT2D eigenvalue weighted by atomic mass is 19.1. The number of nitrogens with zero attached hydrogens (tertiary/aromatic N) is 4. The summed E-state index contributed by atoms with van der Waals surface area (Å²) in [6, 6.07) is 28.1. The Morgan fingerprint density at radius 3 is 2.49 bits per heavy atom. The fraction of sp³-hybridized carbons (Fsp3) is 0.0323. The van der Waals surface area contributed by atoms with Crippen molar-refractivity contribution < 1.29 is 9.13 Å². The molecule has 0 aliphatic heterocycles. The molecule has 7 rings (SSSR count). The predicted octanol–water partition coefficient (Wildman–Crippen LogP) is 6.95. The number of hydrogen-bond donors (Lipinski definition) is 2. The van der Waals surface area contributed by atoms with Crippen molar-refractivity contribution in [3.8, 4) is 39.7 Å². The average Bonchev–Trinajstić information content (AvgIpc) is 3.61. The Bertz CT molecular complexity index is 1950. The molecule has 0 amide bonds. The van der Waals surface area contributed by atoms with Crippen molar-refractivity contribution in [1.82, 2.24) is 30.1 Å². The second-order valence-corrected chi connectivity index (χ2v) is 9.12. The minimum atomic E-state index is -0.297. The molecule has 0 bridgehead atoms. The van der Waals surface area contributed by atoms with Gasteiger partial charge in [-0.25, -0.2) is 14.4 Å². The Hall–Kier alpha value is -5.37. The van der Waals surface area contributed by atoms with Gasteiger partial charge in [0.2, 0.25) is 0 Å². The molecular weight excluding hydrogens is 491 g/mol. The maximum atomic E-state index is 14.6. The van der Waals surface area contributed by atoms with Crippen LogP contribution in [0, 0.1) is 5.82 Å². The number of aromatic amines is 2. The maximum absolute atomic E-state index is 14.6. The van der Waals surface area contributed by atoms with Gasteiger partial charge in [-0.2, -0.15) is 5.10 Å². The molecule has 39 heavy (non-hydrogen) atoms. The highest BCUT2D eigenvalue weighted by Gasteiger charge is 2.18. The molecule has 4 heterocycles. The smallest absolute Gasteiger partial charge is 0.161 e. The number of imidazole rings is 1. The number of H-pyrrole nitrogens is 2. The lowest BCUT2D eigenvalue weighted by Gasteiger charge is -2.08. The third kappa shape index (κ3) is 4.27. The van der Waals surface area contributed by atoms with Crippen molar-refractivity contribution >= 4 is 22.1 Å². The normalized spacial score (nSPS) is 11.3. The molecule has 0 spiro atoms. The molecule has 0 atom stereocenters. The summed E-state index contributed by atoms with van der Waals surface area (Å²) in [7, 11) is 0. The van der Waals surface area contributed by atoms with Gasteiger partial charge in [0.05, 0.1) is 28.4 Å². The standard InChI is InChI=1S/C31H21FN6O/c32-24-11-5-4-9-22(24)23-10-6-12-26-28(23)36-31(35-26)30-29-27(37-38-30)14-13-25(34-29)20-15-21(17-33-16-20)39-18-19-7-2-1-3-8-19/h1-17H,18H2,(H,35,36)(H,37,38). The van der Waals surface area contributed by atoms with Crippen molar-refractivity contribution in [2.24, 2.45) is 0 Å². The Labute approximate surface area is 222 Å². The topological polar surface area (TPSA) is 92.4 Å². The highest BCUT2D eigenvalue weighted by Crippen LogP contribution is 2.33. The van der Waals surface area contributed by atoms with E-state index in [1.165, 1.54) is 6.07 Å². The van der Waals surface area contributed by atoms with Gasteiger partial charge >= 0.3 is 0 Å². The first kappa shape index (κ1) is 22.8. The summed E-state index contributed by atoms with van der Waals surface area (Å²) < 4.78 is 20.5. The molecule has 0 aliphatic rings. The summed E-state index contributed by atoms with van der Waals surface area (Å²) >= 11 is 0. The van der Waals surface area contributed by atoms with Gasteiger partial charge in [-0.15, -0.1) is 0 Å². The summed E-state index contributed by atoms with van der Waals surface area (Å²) in [6.45, 7) is 0.450. The van der Waals surface area contributed by atoms with E-state index in [0.29, 0.717) is 46.0 Å². The Morgan fingerprint density at radius 1 is 0.744 bits per heavy atom. The number of fused-ring (bicyclic) bond motifs is 2. The molecule has 8 heteroatoms. The number of ether oxygens (including phenoxy) is 1. The van der Waals surface area contributed by atoms with Crippen LogP contribution in [-0.4, -0.2) is 30.1 Å². The third-order valence-electron chi connectivity index (χ3n) is 6.57. The number of rotatable bonds is 6. The van der Waals surface area contributed by atoms with Crippen molar-refractivity contribution in [3.05, 3.63) is 115 Å². The Balaban J connectivity index is 1.25. The molecule has 2 N–H and O–H groups in total. The van der Waals surface area contributed by atoms with Crippen molar-refractivity contribution in [3.63, 3.8) is 0 Å². The second-order valence-electron chi connectivity index (χ2n) is 9.12. The summed E-state index contributed by atoms with van der Waals surface area (Å²) in [6.07, 6.45) is 3.45. The lowest BCUT2D eigenvalue weighted by atomic mass is 10.0. The van der Waals surface area contributed by atoms with Crippen LogP contribution in [0.5, 0.6) is 5.75 Å². The van der Waals surface area contributed by atoms with Gasteiger partial charge in [-0.05, 0) is 35.9 Å². The van der Waals surface area contributed by atoms with E-state index in [4.69, 9.17) is 14.7 Å². The first-order valence-corrected chi connectivity index (χ1v) is 12.4. The van der Waals surface area contributed by atoms with Gasteiger partial charge in [0.25, 0.3) is 0 Å². The van der Waals surface area contributed by atoms with Crippen LogP contribution in [0.15, 0.2) is 103 Å². The summed E-state index contributed by atoms with van der Waals surface area (Å²) in [5.41, 5.74) is 7.29. The SMILES string of the molecule is Fc1ccccc1-c1cccc2[nH]c(-c3n[nH]c4ccc(-c5cncc(OCc6ccccc6)c5)nc34)nc12. The van der Waals surface area contributed by atoms with Gasteiger partial charge in [-0.1, -0.05) is 60.7 Å². The van der Waals surface area contributed by atoms with E-state index in [-0.39, 0.29) is 5.82 Å². The molecule has 0 radical (unpaired) electrons. The molecule has 0 unspecified atom stereocenters. The van der Waals surface area contributed by atoms with E-state index in [0.717, 1.165) is 27.9 Å². The largest absolute Gasteiger partial charge is 0.487 e. The molecule has 7 nitrogen and oxygen atoms in total. The lowest BCUT2D eigenvalue weighted by molar-refractivity contribution is 0.305. The van der Waals surface area contributed by atoms with E-state index in [9.17, 15) is 4.39 Å². The van der Waals surface area contributed by atoms with E-state index in [2.05, 4.69) is 20.2 Å². The summed E-state index contributed by atoms with van der Waals surface area (Å²) in [5.74, 6) is 0.904. The van der Waals surface area contributed by atoms with Crippen LogP contribution in [0.2, 0.25) is 0 Å². The third-order valence-corrected chi connectivity index (χ3v) is 6.57. The number of aromatic nitrogens is 6. The summed E-state index contributed by atoms with van der Waals surface area (Å²) in [4.78, 5) is 17.4. The monoisotopic (exact) mass is 512 g/mol.